The molecule has 0 spiro atoms. The number of rotatable bonds is 1. The minimum atomic E-state index is 0.782. The molecule has 0 N–H and O–H groups in total. The van der Waals surface area contributed by atoms with Gasteiger partial charge >= 0.3 is 0 Å². The van der Waals surface area contributed by atoms with Gasteiger partial charge in [0.05, 0.1) is 6.20 Å². The maximum atomic E-state index is 4.52. The average molecular weight is 289 g/mol. The van der Waals surface area contributed by atoms with Gasteiger partial charge in [-0.25, -0.2) is 4.98 Å². The van der Waals surface area contributed by atoms with E-state index in [1.54, 1.807) is 18.6 Å². The lowest BCUT2D eigenvalue weighted by Gasteiger charge is -1.98. The van der Waals surface area contributed by atoms with Crippen molar-refractivity contribution in [3.8, 4) is 11.4 Å². The molecule has 0 amide bonds. The molecule has 3 aromatic heterocycles. The normalized spacial score (nSPS) is 10.9. The second-order valence-corrected chi connectivity index (χ2v) is 4.64. The topological polar surface area (TPSA) is 43.1 Å². The van der Waals surface area contributed by atoms with Crippen molar-refractivity contribution in [3.63, 3.8) is 0 Å². The van der Waals surface area contributed by atoms with E-state index in [0.29, 0.717) is 0 Å². The summed E-state index contributed by atoms with van der Waals surface area (Å²) >= 11 is 3.51. The van der Waals surface area contributed by atoms with Gasteiger partial charge in [0.2, 0.25) is 0 Å². The van der Waals surface area contributed by atoms with E-state index < -0.39 is 0 Å². The van der Waals surface area contributed by atoms with Gasteiger partial charge in [-0.05, 0) is 34.5 Å². The number of hydrogen-bond donors (Lipinski definition) is 0. The highest BCUT2D eigenvalue weighted by molar-refractivity contribution is 9.10. The third kappa shape index (κ3) is 1.82. The second kappa shape index (κ2) is 3.92. The summed E-state index contributed by atoms with van der Waals surface area (Å²) in [6.45, 7) is 2.04. The second-order valence-electron chi connectivity index (χ2n) is 3.79. The molecule has 0 bridgehead atoms. The molecule has 0 aliphatic carbocycles. The molecule has 0 radical (unpaired) electrons. The number of pyridine rings is 1. The molecule has 3 aromatic rings. The van der Waals surface area contributed by atoms with Crippen LogP contribution in [0.5, 0.6) is 0 Å². The highest BCUT2D eigenvalue weighted by Gasteiger charge is 2.06. The summed E-state index contributed by atoms with van der Waals surface area (Å²) in [6.07, 6.45) is 8.98. The van der Waals surface area contributed by atoms with E-state index >= 15 is 0 Å². The standard InChI is InChI=1S/C12H9BrN4/c1-8-4-12-16-11(7-17(12)6-9(8)13)10-5-14-2-3-15-10/h2-7H,1H3. The lowest BCUT2D eigenvalue weighted by molar-refractivity contribution is 1.15. The van der Waals surface area contributed by atoms with E-state index in [-0.39, 0.29) is 0 Å². The molecule has 0 unspecified atom stereocenters. The third-order valence-electron chi connectivity index (χ3n) is 2.56. The van der Waals surface area contributed by atoms with Crippen molar-refractivity contribution in [2.45, 2.75) is 6.92 Å². The average Bonchev–Trinajstić information content (AvgIpc) is 2.74. The Morgan fingerprint density at radius 1 is 1.18 bits per heavy atom. The quantitative estimate of drug-likeness (QED) is 0.692. The molecule has 3 heterocycles. The molecule has 0 fully saturated rings. The molecule has 3 rings (SSSR count). The van der Waals surface area contributed by atoms with Crippen LogP contribution in [0.4, 0.5) is 0 Å². The fourth-order valence-corrected chi connectivity index (χ4v) is 1.99. The van der Waals surface area contributed by atoms with Crippen molar-refractivity contribution >= 4 is 21.6 Å². The van der Waals surface area contributed by atoms with Crippen LogP contribution < -0.4 is 0 Å². The first-order chi connectivity index (χ1) is 8.24. The van der Waals surface area contributed by atoms with Crippen molar-refractivity contribution in [2.24, 2.45) is 0 Å². The van der Waals surface area contributed by atoms with Gasteiger partial charge in [0, 0.05) is 29.3 Å². The van der Waals surface area contributed by atoms with Gasteiger partial charge in [-0.1, -0.05) is 0 Å². The fraction of sp³-hybridized carbons (Fsp3) is 0.0833. The van der Waals surface area contributed by atoms with Gasteiger partial charge in [0.15, 0.2) is 0 Å². The number of imidazole rings is 1. The summed E-state index contributed by atoms with van der Waals surface area (Å²) < 4.78 is 3.04. The summed E-state index contributed by atoms with van der Waals surface area (Å²) in [5.41, 5.74) is 3.68. The number of hydrogen-bond acceptors (Lipinski definition) is 3. The molecular weight excluding hydrogens is 280 g/mol. The summed E-state index contributed by atoms with van der Waals surface area (Å²) in [7, 11) is 0. The summed E-state index contributed by atoms with van der Waals surface area (Å²) in [6, 6.07) is 2.03. The van der Waals surface area contributed by atoms with Crippen LogP contribution in [0, 0.1) is 6.92 Å². The Bertz CT molecular complexity index is 637. The molecule has 0 aliphatic rings. The van der Waals surface area contributed by atoms with E-state index in [9.17, 15) is 0 Å². The van der Waals surface area contributed by atoms with Gasteiger partial charge in [-0.2, -0.15) is 0 Å². The van der Waals surface area contributed by atoms with Crippen molar-refractivity contribution < 1.29 is 0 Å². The van der Waals surface area contributed by atoms with Crippen molar-refractivity contribution in [2.75, 3.05) is 0 Å². The molecule has 0 aliphatic heterocycles. The fourth-order valence-electron chi connectivity index (χ4n) is 1.66. The summed E-state index contributed by atoms with van der Waals surface area (Å²) in [5, 5.41) is 0. The third-order valence-corrected chi connectivity index (χ3v) is 3.39. The number of aryl methyl sites for hydroxylation is 1. The van der Waals surface area contributed by atoms with Gasteiger partial charge in [0.1, 0.15) is 17.0 Å². The van der Waals surface area contributed by atoms with Crippen LogP contribution in [0.25, 0.3) is 17.0 Å². The maximum Gasteiger partial charge on any atom is 0.137 e. The predicted octanol–water partition coefficient (Wildman–Crippen LogP) is 2.86. The van der Waals surface area contributed by atoms with Crippen LogP contribution in [-0.2, 0) is 0 Å². The SMILES string of the molecule is Cc1cc2nc(-c3cnccn3)cn2cc1Br. The molecule has 0 aromatic carbocycles. The maximum absolute atomic E-state index is 4.52. The van der Waals surface area contributed by atoms with Crippen LogP contribution in [0.15, 0.2) is 41.5 Å². The first-order valence-corrected chi connectivity index (χ1v) is 5.94. The van der Waals surface area contributed by atoms with Crippen molar-refractivity contribution in [3.05, 3.63) is 47.1 Å². The highest BCUT2D eigenvalue weighted by Crippen LogP contribution is 2.21. The summed E-state index contributed by atoms with van der Waals surface area (Å²) in [5.74, 6) is 0. The lowest BCUT2D eigenvalue weighted by Crippen LogP contribution is -1.85. The zero-order valence-corrected chi connectivity index (χ0v) is 10.7. The van der Waals surface area contributed by atoms with E-state index in [0.717, 1.165) is 27.1 Å². The molecule has 0 saturated heterocycles. The Morgan fingerprint density at radius 3 is 2.82 bits per heavy atom. The largest absolute Gasteiger partial charge is 0.305 e. The van der Waals surface area contributed by atoms with Crippen molar-refractivity contribution in [1.29, 1.82) is 0 Å². The molecule has 5 heteroatoms. The van der Waals surface area contributed by atoms with E-state index in [2.05, 4.69) is 30.9 Å². The minimum absolute atomic E-state index is 0.782. The van der Waals surface area contributed by atoms with Gasteiger partial charge in [0.25, 0.3) is 0 Å². The van der Waals surface area contributed by atoms with Gasteiger partial charge < -0.3 is 4.40 Å². The first kappa shape index (κ1) is 10.4. The molecule has 0 saturated carbocycles. The summed E-state index contributed by atoms with van der Waals surface area (Å²) in [4.78, 5) is 12.8. The number of aromatic nitrogens is 4. The molecule has 84 valence electrons. The lowest BCUT2D eigenvalue weighted by atomic mass is 10.3. The zero-order chi connectivity index (χ0) is 11.8. The van der Waals surface area contributed by atoms with Gasteiger partial charge in [-0.15, -0.1) is 0 Å². The van der Waals surface area contributed by atoms with Crippen LogP contribution >= 0.6 is 15.9 Å². The number of halogens is 1. The first-order valence-electron chi connectivity index (χ1n) is 5.15. The molecule has 4 nitrogen and oxygen atoms in total. The Balaban J connectivity index is 2.21. The highest BCUT2D eigenvalue weighted by atomic mass is 79.9. The Kier molecular flexibility index (Phi) is 2.40. The van der Waals surface area contributed by atoms with Crippen LogP contribution in [-0.4, -0.2) is 19.4 Å². The minimum Gasteiger partial charge on any atom is -0.305 e. The smallest absolute Gasteiger partial charge is 0.137 e. The van der Waals surface area contributed by atoms with E-state index in [4.69, 9.17) is 0 Å². The van der Waals surface area contributed by atoms with Gasteiger partial charge in [-0.3, -0.25) is 9.97 Å². The monoisotopic (exact) mass is 288 g/mol. The Labute approximate surface area is 106 Å². The molecule has 17 heavy (non-hydrogen) atoms. The molecular formula is C12H9BrN4. The van der Waals surface area contributed by atoms with E-state index in [1.807, 2.05) is 29.8 Å². The number of nitrogens with zero attached hydrogens (tertiary/aromatic N) is 4. The Morgan fingerprint density at radius 2 is 2.06 bits per heavy atom. The number of fused-ring (bicyclic) bond motifs is 1. The Hall–Kier alpha value is -1.75. The van der Waals surface area contributed by atoms with Crippen LogP contribution in [0.3, 0.4) is 0 Å². The zero-order valence-electron chi connectivity index (χ0n) is 9.13. The molecule has 0 atom stereocenters. The van der Waals surface area contributed by atoms with Crippen LogP contribution in [0.1, 0.15) is 5.56 Å². The van der Waals surface area contributed by atoms with Crippen molar-refractivity contribution in [1.82, 2.24) is 19.4 Å². The van der Waals surface area contributed by atoms with Crippen LogP contribution in [0.2, 0.25) is 0 Å². The van der Waals surface area contributed by atoms with E-state index in [1.165, 1.54) is 0 Å². The predicted molar refractivity (Wildman–Crippen MR) is 68.7 cm³/mol.